The van der Waals surface area contributed by atoms with Gasteiger partial charge in [-0.3, -0.25) is 4.90 Å². The molecular weight excluding hydrogens is 272 g/mol. The van der Waals surface area contributed by atoms with Crippen LogP contribution in [0.15, 0.2) is 18.2 Å². The van der Waals surface area contributed by atoms with Crippen LogP contribution in [0.5, 0.6) is 5.75 Å². The third-order valence-electron chi connectivity index (χ3n) is 5.46. The molecule has 1 aliphatic heterocycles. The Morgan fingerprint density at radius 3 is 2.77 bits per heavy atom. The van der Waals surface area contributed by atoms with Gasteiger partial charge in [0.2, 0.25) is 0 Å². The van der Waals surface area contributed by atoms with E-state index in [0.29, 0.717) is 6.54 Å². The Bertz CT molecular complexity index is 496. The highest BCUT2D eigenvalue weighted by Crippen LogP contribution is 2.43. The molecule has 1 fully saturated rings. The first-order valence-corrected chi connectivity index (χ1v) is 8.96. The van der Waals surface area contributed by atoms with Gasteiger partial charge in [0.05, 0.1) is 6.61 Å². The first-order chi connectivity index (χ1) is 10.8. The molecule has 2 aliphatic rings. The lowest BCUT2D eigenvalue weighted by atomic mass is 9.75. The van der Waals surface area contributed by atoms with Crippen molar-refractivity contribution < 1.29 is 4.74 Å². The van der Waals surface area contributed by atoms with Gasteiger partial charge in [-0.05, 0) is 82.3 Å². The third kappa shape index (κ3) is 3.02. The van der Waals surface area contributed by atoms with Gasteiger partial charge in [0.25, 0.3) is 0 Å². The fourth-order valence-corrected chi connectivity index (χ4v) is 4.19. The summed E-state index contributed by atoms with van der Waals surface area (Å²) in [6, 6.07) is 6.64. The number of nitrogens with zero attached hydrogens (tertiary/aromatic N) is 1. The van der Waals surface area contributed by atoms with Crippen molar-refractivity contribution in [3.8, 4) is 5.75 Å². The van der Waals surface area contributed by atoms with Crippen LogP contribution in [0.2, 0.25) is 0 Å². The van der Waals surface area contributed by atoms with Crippen molar-refractivity contribution in [3.05, 3.63) is 29.3 Å². The molecule has 1 aromatic carbocycles. The topological polar surface area (TPSA) is 38.5 Å². The van der Waals surface area contributed by atoms with Gasteiger partial charge >= 0.3 is 0 Å². The Hall–Kier alpha value is -1.06. The molecule has 22 heavy (non-hydrogen) atoms. The third-order valence-corrected chi connectivity index (χ3v) is 5.46. The highest BCUT2D eigenvalue weighted by atomic mass is 16.5. The molecule has 2 N–H and O–H groups in total. The van der Waals surface area contributed by atoms with E-state index in [1.807, 2.05) is 0 Å². The van der Waals surface area contributed by atoms with Crippen LogP contribution in [-0.2, 0) is 12.0 Å². The number of fused-ring (bicyclic) bond motifs is 1. The number of hydrogen-bond acceptors (Lipinski definition) is 3. The minimum atomic E-state index is 0.196. The Labute approximate surface area is 134 Å². The van der Waals surface area contributed by atoms with E-state index in [-0.39, 0.29) is 5.54 Å². The Morgan fingerprint density at radius 1 is 1.18 bits per heavy atom. The second kappa shape index (κ2) is 7.01. The molecule has 0 spiro atoms. The molecule has 1 aliphatic carbocycles. The SMILES string of the molecule is CC1(N2CCCCC2)CCCc2c(OCCCN)cccc21. The van der Waals surface area contributed by atoms with Gasteiger partial charge in [-0.15, -0.1) is 0 Å². The van der Waals surface area contributed by atoms with Crippen LogP contribution in [0.1, 0.15) is 56.6 Å². The van der Waals surface area contributed by atoms with Gasteiger partial charge in [0, 0.05) is 5.54 Å². The quantitative estimate of drug-likeness (QED) is 0.847. The molecule has 122 valence electrons. The summed E-state index contributed by atoms with van der Waals surface area (Å²) in [5, 5.41) is 0. The number of piperidine rings is 1. The van der Waals surface area contributed by atoms with Crippen molar-refractivity contribution in [1.82, 2.24) is 4.90 Å². The number of nitrogens with two attached hydrogens (primary N) is 1. The van der Waals surface area contributed by atoms with E-state index >= 15 is 0 Å². The van der Waals surface area contributed by atoms with Gasteiger partial charge in [0.1, 0.15) is 5.75 Å². The Kier molecular flexibility index (Phi) is 5.04. The van der Waals surface area contributed by atoms with E-state index in [1.54, 1.807) is 0 Å². The molecule has 3 nitrogen and oxygen atoms in total. The zero-order valence-electron chi connectivity index (χ0n) is 13.9. The molecule has 0 amide bonds. The number of rotatable bonds is 5. The summed E-state index contributed by atoms with van der Waals surface area (Å²) in [6.07, 6.45) is 8.69. The standard InChI is InChI=1S/C19H30N2O/c1-19(21-13-3-2-4-14-21)11-6-8-16-17(19)9-5-10-18(16)22-15-7-12-20/h5,9-10H,2-4,6-8,11-15,20H2,1H3. The molecule has 0 bridgehead atoms. The predicted molar refractivity (Wildman–Crippen MR) is 91.3 cm³/mol. The Balaban J connectivity index is 1.87. The van der Waals surface area contributed by atoms with Crippen molar-refractivity contribution in [3.63, 3.8) is 0 Å². The van der Waals surface area contributed by atoms with E-state index < -0.39 is 0 Å². The number of ether oxygens (including phenoxy) is 1. The van der Waals surface area contributed by atoms with Crippen molar-refractivity contribution in [2.45, 2.75) is 57.4 Å². The van der Waals surface area contributed by atoms with Crippen LogP contribution in [-0.4, -0.2) is 31.1 Å². The van der Waals surface area contributed by atoms with Crippen LogP contribution in [0.3, 0.4) is 0 Å². The van der Waals surface area contributed by atoms with E-state index in [1.165, 1.54) is 56.3 Å². The van der Waals surface area contributed by atoms with Crippen LogP contribution in [0.25, 0.3) is 0 Å². The summed E-state index contributed by atoms with van der Waals surface area (Å²) in [5.41, 5.74) is 8.73. The van der Waals surface area contributed by atoms with Crippen LogP contribution >= 0.6 is 0 Å². The number of hydrogen-bond donors (Lipinski definition) is 1. The molecule has 1 atom stereocenters. The van der Waals surface area contributed by atoms with Crippen molar-refractivity contribution in [2.24, 2.45) is 5.73 Å². The molecule has 3 rings (SSSR count). The van der Waals surface area contributed by atoms with E-state index in [9.17, 15) is 0 Å². The lowest BCUT2D eigenvalue weighted by molar-refractivity contribution is 0.0628. The normalized spacial score (nSPS) is 25.7. The summed E-state index contributed by atoms with van der Waals surface area (Å²) in [6.45, 7) is 6.36. The molecule has 1 saturated heterocycles. The lowest BCUT2D eigenvalue weighted by Crippen LogP contribution is -2.48. The van der Waals surface area contributed by atoms with E-state index in [0.717, 1.165) is 25.2 Å². The average Bonchev–Trinajstić information content (AvgIpc) is 2.57. The van der Waals surface area contributed by atoms with Gasteiger partial charge in [-0.25, -0.2) is 0 Å². The minimum Gasteiger partial charge on any atom is -0.493 e. The van der Waals surface area contributed by atoms with Crippen molar-refractivity contribution in [1.29, 1.82) is 0 Å². The van der Waals surface area contributed by atoms with Crippen LogP contribution in [0, 0.1) is 0 Å². The van der Waals surface area contributed by atoms with Crippen LogP contribution in [0.4, 0.5) is 0 Å². The molecule has 0 radical (unpaired) electrons. The second-order valence-corrected chi connectivity index (χ2v) is 6.95. The van der Waals surface area contributed by atoms with Crippen LogP contribution < -0.4 is 10.5 Å². The zero-order chi connectivity index (χ0) is 15.4. The largest absolute Gasteiger partial charge is 0.493 e. The average molecular weight is 302 g/mol. The monoisotopic (exact) mass is 302 g/mol. The molecule has 3 heteroatoms. The van der Waals surface area contributed by atoms with E-state index in [2.05, 4.69) is 30.0 Å². The molecule has 1 heterocycles. The van der Waals surface area contributed by atoms with Crippen molar-refractivity contribution >= 4 is 0 Å². The maximum Gasteiger partial charge on any atom is 0.122 e. The first kappa shape index (κ1) is 15.8. The zero-order valence-corrected chi connectivity index (χ0v) is 13.9. The van der Waals surface area contributed by atoms with Gasteiger partial charge < -0.3 is 10.5 Å². The van der Waals surface area contributed by atoms with Gasteiger partial charge in [-0.1, -0.05) is 18.6 Å². The summed E-state index contributed by atoms with van der Waals surface area (Å²) >= 11 is 0. The van der Waals surface area contributed by atoms with Crippen molar-refractivity contribution in [2.75, 3.05) is 26.2 Å². The highest BCUT2D eigenvalue weighted by molar-refractivity contribution is 5.45. The van der Waals surface area contributed by atoms with Gasteiger partial charge in [-0.2, -0.15) is 0 Å². The predicted octanol–water partition coefficient (Wildman–Crippen LogP) is 3.45. The molecular formula is C19H30N2O. The summed E-state index contributed by atoms with van der Waals surface area (Å²) < 4.78 is 6.03. The molecule has 1 aromatic rings. The number of benzene rings is 1. The lowest BCUT2D eigenvalue weighted by Gasteiger charge is -2.47. The fourth-order valence-electron chi connectivity index (χ4n) is 4.19. The van der Waals surface area contributed by atoms with Gasteiger partial charge in [0.15, 0.2) is 0 Å². The fraction of sp³-hybridized carbons (Fsp3) is 0.684. The minimum absolute atomic E-state index is 0.196. The maximum absolute atomic E-state index is 6.03. The summed E-state index contributed by atoms with van der Waals surface area (Å²) in [5.74, 6) is 1.09. The highest BCUT2D eigenvalue weighted by Gasteiger charge is 2.38. The molecule has 0 aromatic heterocycles. The number of likely N-dealkylation sites (tertiary alicyclic amines) is 1. The smallest absolute Gasteiger partial charge is 0.122 e. The maximum atomic E-state index is 6.03. The first-order valence-electron chi connectivity index (χ1n) is 8.96. The second-order valence-electron chi connectivity index (χ2n) is 6.95. The summed E-state index contributed by atoms with van der Waals surface area (Å²) in [7, 11) is 0. The van der Waals surface area contributed by atoms with E-state index in [4.69, 9.17) is 10.5 Å². The Morgan fingerprint density at radius 2 is 2.00 bits per heavy atom. The molecule has 1 unspecified atom stereocenters. The summed E-state index contributed by atoms with van der Waals surface area (Å²) in [4.78, 5) is 2.72. The molecule has 0 saturated carbocycles.